The van der Waals surface area contributed by atoms with Crippen molar-refractivity contribution >= 4 is 5.69 Å². The Bertz CT molecular complexity index is 636. The molecule has 0 saturated heterocycles. The number of aryl methyl sites for hydroxylation is 2. The number of rotatable bonds is 5. The summed E-state index contributed by atoms with van der Waals surface area (Å²) in [7, 11) is 0. The first-order chi connectivity index (χ1) is 10.1. The number of benzene rings is 2. The van der Waals surface area contributed by atoms with Crippen LogP contribution in [0.15, 0.2) is 42.5 Å². The van der Waals surface area contributed by atoms with Gasteiger partial charge in [-0.3, -0.25) is 10.1 Å². The lowest BCUT2D eigenvalue weighted by atomic mass is 9.93. The van der Waals surface area contributed by atoms with Crippen molar-refractivity contribution in [1.29, 1.82) is 0 Å². The average Bonchev–Trinajstić information content (AvgIpc) is 2.53. The summed E-state index contributed by atoms with van der Waals surface area (Å²) in [6, 6.07) is 12.7. The van der Waals surface area contributed by atoms with E-state index < -0.39 is 0 Å². The number of nitrogens with zero attached hydrogens (tertiary/aromatic N) is 1. The van der Waals surface area contributed by atoms with Crippen molar-refractivity contribution in [2.24, 2.45) is 5.73 Å². The van der Waals surface area contributed by atoms with E-state index in [1.807, 2.05) is 19.1 Å². The van der Waals surface area contributed by atoms with Crippen LogP contribution in [-0.4, -0.2) is 4.92 Å². The highest BCUT2D eigenvalue weighted by molar-refractivity contribution is 5.45. The molecular weight excluding hydrogens is 264 g/mol. The van der Waals surface area contributed by atoms with Crippen molar-refractivity contribution in [3.05, 3.63) is 74.8 Å². The van der Waals surface area contributed by atoms with E-state index in [-0.39, 0.29) is 16.7 Å². The zero-order valence-electron chi connectivity index (χ0n) is 12.4. The Morgan fingerprint density at radius 2 is 1.76 bits per heavy atom. The molecule has 0 aliphatic heterocycles. The van der Waals surface area contributed by atoms with Gasteiger partial charge in [0.15, 0.2) is 0 Å². The maximum atomic E-state index is 11.0. The molecule has 0 saturated carbocycles. The van der Waals surface area contributed by atoms with E-state index in [9.17, 15) is 10.1 Å². The second-order valence-corrected chi connectivity index (χ2v) is 5.07. The summed E-state index contributed by atoms with van der Waals surface area (Å²) in [5, 5.41) is 11.0. The Hall–Kier alpha value is -2.20. The van der Waals surface area contributed by atoms with E-state index in [0.29, 0.717) is 0 Å². The molecule has 2 aromatic carbocycles. The third-order valence-electron chi connectivity index (χ3n) is 3.80. The highest BCUT2D eigenvalue weighted by Gasteiger charge is 2.16. The van der Waals surface area contributed by atoms with Crippen molar-refractivity contribution in [1.82, 2.24) is 0 Å². The van der Waals surface area contributed by atoms with Crippen LogP contribution in [0.3, 0.4) is 0 Å². The Morgan fingerprint density at radius 1 is 1.10 bits per heavy atom. The fourth-order valence-corrected chi connectivity index (χ4v) is 2.45. The van der Waals surface area contributed by atoms with E-state index in [2.05, 4.69) is 19.1 Å². The molecule has 1 atom stereocenters. The van der Waals surface area contributed by atoms with Crippen LogP contribution in [0.2, 0.25) is 0 Å². The number of nitrogens with two attached hydrogens (primary N) is 1. The Kier molecular flexibility index (Phi) is 4.70. The van der Waals surface area contributed by atoms with Gasteiger partial charge >= 0.3 is 0 Å². The first-order valence-electron chi connectivity index (χ1n) is 7.18. The van der Waals surface area contributed by atoms with Crippen LogP contribution in [-0.2, 0) is 12.8 Å². The van der Waals surface area contributed by atoms with Gasteiger partial charge < -0.3 is 5.73 Å². The van der Waals surface area contributed by atoms with Gasteiger partial charge in [0.2, 0.25) is 0 Å². The minimum Gasteiger partial charge on any atom is -0.320 e. The van der Waals surface area contributed by atoms with Gasteiger partial charge in [0.25, 0.3) is 5.69 Å². The van der Waals surface area contributed by atoms with Crippen molar-refractivity contribution in [3.8, 4) is 0 Å². The smallest absolute Gasteiger partial charge is 0.269 e. The summed E-state index contributed by atoms with van der Waals surface area (Å²) in [5.41, 5.74) is 10.5. The lowest BCUT2D eigenvalue weighted by Gasteiger charge is -2.16. The van der Waals surface area contributed by atoms with Gasteiger partial charge in [0.1, 0.15) is 0 Å². The zero-order chi connectivity index (χ0) is 15.4. The third kappa shape index (κ3) is 3.28. The van der Waals surface area contributed by atoms with Gasteiger partial charge in [0.05, 0.1) is 11.0 Å². The molecule has 4 nitrogen and oxygen atoms in total. The van der Waals surface area contributed by atoms with Crippen molar-refractivity contribution in [2.45, 2.75) is 32.7 Å². The molecule has 0 amide bonds. The first kappa shape index (κ1) is 15.2. The standard InChI is InChI=1S/C17H20N2O2/c1-3-12-5-7-14(8-6-12)17(18)16-11-15(19(20)21)10-9-13(16)4-2/h5-11,17H,3-4,18H2,1-2H3. The lowest BCUT2D eigenvalue weighted by molar-refractivity contribution is -0.384. The highest BCUT2D eigenvalue weighted by Crippen LogP contribution is 2.27. The van der Waals surface area contributed by atoms with E-state index in [1.165, 1.54) is 11.6 Å². The average molecular weight is 284 g/mol. The van der Waals surface area contributed by atoms with Crippen molar-refractivity contribution in [3.63, 3.8) is 0 Å². The molecule has 0 radical (unpaired) electrons. The van der Waals surface area contributed by atoms with E-state index in [4.69, 9.17) is 5.73 Å². The van der Waals surface area contributed by atoms with Crippen LogP contribution in [0.5, 0.6) is 0 Å². The summed E-state index contributed by atoms with van der Waals surface area (Å²) in [4.78, 5) is 10.6. The van der Waals surface area contributed by atoms with Gasteiger partial charge in [0, 0.05) is 12.1 Å². The molecule has 0 heterocycles. The number of hydrogen-bond acceptors (Lipinski definition) is 3. The number of nitro groups is 1. The molecular formula is C17H20N2O2. The number of hydrogen-bond donors (Lipinski definition) is 1. The van der Waals surface area contributed by atoms with Crippen LogP contribution in [0.4, 0.5) is 5.69 Å². The first-order valence-corrected chi connectivity index (χ1v) is 7.18. The lowest BCUT2D eigenvalue weighted by Crippen LogP contribution is -2.14. The molecule has 2 aromatic rings. The van der Waals surface area contributed by atoms with Gasteiger partial charge in [-0.2, -0.15) is 0 Å². The molecule has 0 bridgehead atoms. The molecule has 0 aromatic heterocycles. The molecule has 4 heteroatoms. The zero-order valence-corrected chi connectivity index (χ0v) is 12.4. The quantitative estimate of drug-likeness (QED) is 0.671. The molecule has 0 aliphatic rings. The minimum absolute atomic E-state index is 0.0860. The summed E-state index contributed by atoms with van der Waals surface area (Å²) < 4.78 is 0. The number of non-ortho nitro benzene ring substituents is 1. The van der Waals surface area contributed by atoms with Gasteiger partial charge in [-0.05, 0) is 35.1 Å². The molecule has 110 valence electrons. The van der Waals surface area contributed by atoms with Crippen LogP contribution < -0.4 is 5.73 Å². The Balaban J connectivity index is 2.42. The molecule has 0 spiro atoms. The number of nitro benzene ring substituents is 1. The normalized spacial score (nSPS) is 12.1. The van der Waals surface area contributed by atoms with E-state index >= 15 is 0 Å². The summed E-state index contributed by atoms with van der Waals surface area (Å²) >= 11 is 0. The van der Waals surface area contributed by atoms with Crippen LogP contribution in [0, 0.1) is 10.1 Å². The summed E-state index contributed by atoms with van der Waals surface area (Å²) in [6.45, 7) is 4.13. The van der Waals surface area contributed by atoms with Crippen molar-refractivity contribution in [2.75, 3.05) is 0 Å². The summed E-state index contributed by atoms with van der Waals surface area (Å²) in [6.07, 6.45) is 1.78. The van der Waals surface area contributed by atoms with E-state index in [1.54, 1.807) is 12.1 Å². The maximum Gasteiger partial charge on any atom is 0.269 e. The largest absolute Gasteiger partial charge is 0.320 e. The highest BCUT2D eigenvalue weighted by atomic mass is 16.6. The Morgan fingerprint density at radius 3 is 2.29 bits per heavy atom. The van der Waals surface area contributed by atoms with Gasteiger partial charge in [-0.15, -0.1) is 0 Å². The molecule has 1 unspecified atom stereocenters. The molecule has 0 fully saturated rings. The molecule has 21 heavy (non-hydrogen) atoms. The summed E-state index contributed by atoms with van der Waals surface area (Å²) in [5.74, 6) is 0. The van der Waals surface area contributed by atoms with Crippen LogP contribution in [0.1, 0.15) is 42.1 Å². The predicted octanol–water partition coefficient (Wildman–Crippen LogP) is 3.77. The van der Waals surface area contributed by atoms with Gasteiger partial charge in [-0.25, -0.2) is 0 Å². The fraction of sp³-hybridized carbons (Fsp3) is 0.294. The van der Waals surface area contributed by atoms with Crippen molar-refractivity contribution < 1.29 is 4.92 Å². The fourth-order valence-electron chi connectivity index (χ4n) is 2.45. The minimum atomic E-state index is -0.379. The molecule has 2 rings (SSSR count). The topological polar surface area (TPSA) is 69.2 Å². The van der Waals surface area contributed by atoms with Crippen LogP contribution in [0.25, 0.3) is 0 Å². The predicted molar refractivity (Wildman–Crippen MR) is 84.3 cm³/mol. The SMILES string of the molecule is CCc1ccc(C(N)c2cc([N+](=O)[O-])ccc2CC)cc1. The molecule has 2 N–H and O–H groups in total. The second-order valence-electron chi connectivity index (χ2n) is 5.07. The molecule has 0 aliphatic carbocycles. The van der Waals surface area contributed by atoms with Gasteiger partial charge in [-0.1, -0.05) is 44.2 Å². The maximum absolute atomic E-state index is 11.0. The third-order valence-corrected chi connectivity index (χ3v) is 3.80. The monoisotopic (exact) mass is 284 g/mol. The van der Waals surface area contributed by atoms with Crippen LogP contribution >= 0.6 is 0 Å². The van der Waals surface area contributed by atoms with E-state index in [0.717, 1.165) is 29.5 Å². The second kappa shape index (κ2) is 6.50. The Labute approximate surface area is 124 Å².